The van der Waals surface area contributed by atoms with Crippen LogP contribution in [0.15, 0.2) is 84.9 Å². The Kier molecular flexibility index (Phi) is 15.5. The molecule has 0 amide bonds. The van der Waals surface area contributed by atoms with Gasteiger partial charge in [-0.3, -0.25) is 9.59 Å². The summed E-state index contributed by atoms with van der Waals surface area (Å²) in [5.74, 6) is 0.596. The molecule has 2 aliphatic rings. The summed E-state index contributed by atoms with van der Waals surface area (Å²) in [5, 5.41) is 15.8. The number of aliphatic hydroxyl groups is 1. The topological polar surface area (TPSA) is 166 Å². The van der Waals surface area contributed by atoms with E-state index in [4.69, 9.17) is 19.7 Å². The van der Waals surface area contributed by atoms with Gasteiger partial charge in [0.05, 0.1) is 18.2 Å². The minimum atomic E-state index is -0.939. The molecule has 4 aromatic carbocycles. The molecular weight excluding hydrogens is 615 g/mol. The Morgan fingerprint density at radius 1 is 0.638 bits per heavy atom. The van der Waals surface area contributed by atoms with E-state index in [1.807, 2.05) is 42.5 Å². The van der Waals surface area contributed by atoms with Gasteiger partial charge < -0.3 is 29.9 Å². The zero-order valence-electron chi connectivity index (χ0n) is 26.5. The molecule has 0 radical (unpaired) electrons. The van der Waals surface area contributed by atoms with E-state index in [0.29, 0.717) is 31.6 Å². The summed E-state index contributed by atoms with van der Waals surface area (Å²) in [6.07, 6.45) is 2.74. The van der Waals surface area contributed by atoms with Gasteiger partial charge in [-0.1, -0.05) is 24.3 Å². The number of hydrogen-bond donors (Lipinski definition) is 2. The van der Waals surface area contributed by atoms with Crippen LogP contribution in [0.3, 0.4) is 0 Å². The molecule has 0 spiro atoms. The second-order valence-corrected chi connectivity index (χ2v) is 10.3. The molecular formula is C36H35NaO10. The summed E-state index contributed by atoms with van der Waals surface area (Å²) in [4.78, 5) is 45.3. The molecule has 2 aliphatic carbocycles. The van der Waals surface area contributed by atoms with Crippen LogP contribution in [-0.2, 0) is 30.8 Å². The summed E-state index contributed by atoms with van der Waals surface area (Å²) in [6, 6.07) is 24.8. The molecule has 0 unspecified atom stereocenters. The van der Waals surface area contributed by atoms with Crippen molar-refractivity contribution in [3.8, 4) is 11.5 Å². The van der Waals surface area contributed by atoms with Gasteiger partial charge in [0.25, 0.3) is 0 Å². The molecule has 4 aromatic rings. The first-order valence-corrected chi connectivity index (χ1v) is 14.3. The van der Waals surface area contributed by atoms with E-state index in [2.05, 4.69) is 4.74 Å². The van der Waals surface area contributed by atoms with E-state index in [1.54, 1.807) is 42.5 Å². The molecule has 0 atom stereocenters. The Hall–Kier alpha value is -4.32. The molecule has 11 heteroatoms. The molecule has 0 heterocycles. The van der Waals surface area contributed by atoms with Gasteiger partial charge in [-0.25, -0.2) is 9.59 Å². The molecule has 0 saturated heterocycles. The number of carboxylic acids is 1. The van der Waals surface area contributed by atoms with Gasteiger partial charge in [0.2, 0.25) is 0 Å². The second-order valence-electron chi connectivity index (χ2n) is 10.3. The first kappa shape index (κ1) is 38.9. The Bertz CT molecular complexity index is 1680. The largest absolute Gasteiger partial charge is 1.00 e. The number of carbonyl (C=O) groups excluding carboxylic acids is 3. The smallest absolute Gasteiger partial charge is 0.870 e. The molecule has 0 fully saturated rings. The van der Waals surface area contributed by atoms with E-state index < -0.39 is 5.97 Å². The maximum Gasteiger partial charge on any atom is 1.00 e. The Morgan fingerprint density at radius 2 is 1.04 bits per heavy atom. The summed E-state index contributed by atoms with van der Waals surface area (Å²) < 4.78 is 16.1. The van der Waals surface area contributed by atoms with E-state index >= 15 is 0 Å². The van der Waals surface area contributed by atoms with Crippen LogP contribution >= 0.6 is 0 Å². The number of carboxylic acid groups (broad SMARTS) is 1. The van der Waals surface area contributed by atoms with Crippen LogP contribution in [0.5, 0.6) is 11.5 Å². The molecule has 6 rings (SSSR count). The standard InChI is InChI=1S/C18H16O4.C17H14O4.CH4O.Na.H2O/c1-21-18(20)13-4-2-12(3-5-13)11-22-15-7-8-16-14(10-15)6-9-17(16)19;18-16-8-5-13-9-14(6-7-15(13)16)21-10-11-1-3-12(4-2-11)17(19)20;1-2;;/h2-5,7-8,10H,6,9,11H2,1H3;1-4,6-7,9H,5,8,10H2,(H,19,20);2H,1H3;;1H2/q;;;+1;/p-1. The fourth-order valence-corrected chi connectivity index (χ4v) is 4.97. The van der Waals surface area contributed by atoms with Crippen LogP contribution in [0.25, 0.3) is 0 Å². The van der Waals surface area contributed by atoms with E-state index in [9.17, 15) is 19.2 Å². The number of Topliss-reactive ketones (excluding diaryl/α,β-unsaturated/α-hetero) is 2. The number of hydrogen-bond acceptors (Lipinski definition) is 9. The van der Waals surface area contributed by atoms with E-state index in [0.717, 1.165) is 64.8 Å². The van der Waals surface area contributed by atoms with Crippen molar-refractivity contribution in [3.63, 3.8) is 0 Å². The quantitative estimate of drug-likeness (QED) is 0.214. The molecule has 47 heavy (non-hydrogen) atoms. The van der Waals surface area contributed by atoms with Gasteiger partial charge in [-0.15, -0.1) is 0 Å². The van der Waals surface area contributed by atoms with Crippen molar-refractivity contribution in [2.45, 2.75) is 38.9 Å². The van der Waals surface area contributed by atoms with Gasteiger partial charge in [-0.05, 0) is 95.8 Å². The van der Waals surface area contributed by atoms with Crippen molar-refractivity contribution in [2.75, 3.05) is 14.2 Å². The van der Waals surface area contributed by atoms with Gasteiger partial charge in [0.15, 0.2) is 11.6 Å². The number of esters is 1. The van der Waals surface area contributed by atoms with Crippen LogP contribution in [0.4, 0.5) is 0 Å². The van der Waals surface area contributed by atoms with Crippen LogP contribution < -0.4 is 39.0 Å². The van der Waals surface area contributed by atoms with Crippen molar-refractivity contribution in [1.82, 2.24) is 0 Å². The fraction of sp³-hybridized carbons (Fsp3) is 0.222. The maximum atomic E-state index is 11.6. The van der Waals surface area contributed by atoms with Crippen molar-refractivity contribution >= 4 is 23.5 Å². The number of benzene rings is 4. The SMILES string of the molecule is CO.COC(=O)c1ccc(COc2ccc3c(c2)CCC3=O)cc1.O=C(O)c1ccc(COc2ccc3c(c2)CCC3=O)cc1.[Na+].[OH-]. The molecule has 240 valence electrons. The number of ether oxygens (including phenoxy) is 3. The molecule has 10 nitrogen and oxygen atoms in total. The van der Waals surface area contributed by atoms with Crippen molar-refractivity contribution in [2.24, 2.45) is 0 Å². The zero-order chi connectivity index (χ0) is 32.3. The first-order chi connectivity index (χ1) is 21.8. The second kappa shape index (κ2) is 18.7. The summed E-state index contributed by atoms with van der Waals surface area (Å²) >= 11 is 0. The Labute approximate surface area is 294 Å². The average molecular weight is 651 g/mol. The molecule has 3 N–H and O–H groups in total. The number of carbonyl (C=O) groups is 4. The maximum absolute atomic E-state index is 11.6. The minimum Gasteiger partial charge on any atom is -0.870 e. The van der Waals surface area contributed by atoms with Crippen LogP contribution in [0, 0.1) is 0 Å². The molecule has 0 saturated carbocycles. The van der Waals surface area contributed by atoms with Crippen LogP contribution in [0.1, 0.15) is 76.5 Å². The van der Waals surface area contributed by atoms with Crippen LogP contribution in [0.2, 0.25) is 0 Å². The third kappa shape index (κ3) is 10.3. The summed E-state index contributed by atoms with van der Waals surface area (Å²) in [5.41, 5.74) is 6.35. The van der Waals surface area contributed by atoms with Gasteiger partial charge in [0, 0.05) is 31.1 Å². The number of aryl methyl sites for hydroxylation is 2. The third-order valence-corrected chi connectivity index (χ3v) is 7.38. The minimum absolute atomic E-state index is 0. The van der Waals surface area contributed by atoms with Gasteiger partial charge >= 0.3 is 41.5 Å². The summed E-state index contributed by atoms with van der Waals surface area (Å²) in [6.45, 7) is 0.779. The molecule has 0 bridgehead atoms. The van der Waals surface area contributed by atoms with Crippen LogP contribution in [-0.4, -0.2) is 53.4 Å². The molecule has 0 aromatic heterocycles. The van der Waals surface area contributed by atoms with Crippen molar-refractivity contribution < 1.29 is 78.6 Å². The number of aromatic carboxylic acids is 1. The van der Waals surface area contributed by atoms with Crippen molar-refractivity contribution in [1.29, 1.82) is 0 Å². The Morgan fingerprint density at radius 3 is 1.43 bits per heavy atom. The number of ketones is 2. The normalized spacial score (nSPS) is 12.0. The van der Waals surface area contributed by atoms with Crippen molar-refractivity contribution in [3.05, 3.63) is 129 Å². The zero-order valence-corrected chi connectivity index (χ0v) is 28.5. The number of methoxy groups -OCH3 is 1. The predicted octanol–water partition coefficient (Wildman–Crippen LogP) is 2.71. The van der Waals surface area contributed by atoms with E-state index in [-0.39, 0.29) is 58.1 Å². The fourth-order valence-electron chi connectivity index (χ4n) is 4.97. The third-order valence-electron chi connectivity index (χ3n) is 7.38. The number of rotatable bonds is 8. The molecule has 0 aliphatic heterocycles. The average Bonchev–Trinajstić information content (AvgIpc) is 3.64. The van der Waals surface area contributed by atoms with Gasteiger partial charge in [0.1, 0.15) is 24.7 Å². The number of aliphatic hydroxyl groups excluding tert-OH is 1. The monoisotopic (exact) mass is 650 g/mol. The summed E-state index contributed by atoms with van der Waals surface area (Å²) in [7, 11) is 2.36. The predicted molar refractivity (Wildman–Crippen MR) is 168 cm³/mol. The number of fused-ring (bicyclic) bond motifs is 2. The Balaban J connectivity index is 0.000000299. The first-order valence-electron chi connectivity index (χ1n) is 14.3. The van der Waals surface area contributed by atoms with Gasteiger partial charge in [-0.2, -0.15) is 0 Å². The van der Waals surface area contributed by atoms with E-state index in [1.165, 1.54) is 7.11 Å².